The minimum Gasteiger partial charge on any atom is -0.490 e. The van der Waals surface area contributed by atoms with Crippen molar-refractivity contribution in [3.05, 3.63) is 62.7 Å². The van der Waals surface area contributed by atoms with Crippen molar-refractivity contribution < 1.29 is 19.1 Å². The van der Waals surface area contributed by atoms with Gasteiger partial charge >= 0.3 is 0 Å². The molecule has 2 aromatic rings. The van der Waals surface area contributed by atoms with Crippen molar-refractivity contribution in [2.45, 2.75) is 20.8 Å². The molecule has 0 saturated heterocycles. The van der Waals surface area contributed by atoms with Crippen LogP contribution in [0.3, 0.4) is 0 Å². The Morgan fingerprint density at radius 1 is 1.14 bits per heavy atom. The predicted molar refractivity (Wildman–Crippen MR) is 120 cm³/mol. The highest BCUT2D eigenvalue weighted by Crippen LogP contribution is 2.35. The maximum absolute atomic E-state index is 12.9. The van der Waals surface area contributed by atoms with Gasteiger partial charge in [0.05, 0.1) is 28.1 Å². The van der Waals surface area contributed by atoms with Crippen LogP contribution in [0.2, 0.25) is 0 Å². The topological polar surface area (TPSA) is 68.2 Å². The summed E-state index contributed by atoms with van der Waals surface area (Å²) in [6.07, 6.45) is 1.72. The number of halogens is 1. The standard InChI is InChI=1S/C22H21IN2O4/c1-4-28-19-13-15(12-18(23)20(19)29-5-2)11-17-14(3)24-25(22(17)27)21(26)16-9-7-6-8-10-16/h6-13H,4-5H2,1-3H3/b17-11+. The molecular formula is C22H21IN2O4. The molecule has 0 aliphatic carbocycles. The molecule has 1 aliphatic heterocycles. The first-order valence-electron chi connectivity index (χ1n) is 9.26. The smallest absolute Gasteiger partial charge is 0.283 e. The van der Waals surface area contributed by atoms with Crippen molar-refractivity contribution in [3.63, 3.8) is 0 Å². The van der Waals surface area contributed by atoms with Gasteiger partial charge in [-0.05, 0) is 79.3 Å². The Labute approximate surface area is 183 Å². The Balaban J connectivity index is 1.94. The minimum atomic E-state index is -0.449. The fraction of sp³-hybridized carbons (Fsp3) is 0.227. The number of hydrogen-bond donors (Lipinski definition) is 0. The lowest BCUT2D eigenvalue weighted by atomic mass is 10.1. The van der Waals surface area contributed by atoms with Gasteiger partial charge in [-0.3, -0.25) is 9.59 Å². The number of ether oxygens (including phenoxy) is 2. The Kier molecular flexibility index (Phi) is 6.68. The summed E-state index contributed by atoms with van der Waals surface area (Å²) in [5.41, 5.74) is 2.04. The van der Waals surface area contributed by atoms with Crippen molar-refractivity contribution in [2.24, 2.45) is 5.10 Å². The molecular weight excluding hydrogens is 483 g/mol. The SMILES string of the molecule is CCOc1cc(/C=C2/C(=O)N(C(=O)c3ccccc3)N=C2C)cc(I)c1OCC. The summed E-state index contributed by atoms with van der Waals surface area (Å²) < 4.78 is 12.3. The number of imide groups is 1. The Morgan fingerprint density at radius 2 is 1.83 bits per heavy atom. The molecule has 0 bridgehead atoms. The number of carbonyl (C=O) groups is 2. The van der Waals surface area contributed by atoms with Crippen molar-refractivity contribution in [1.29, 1.82) is 0 Å². The minimum absolute atomic E-state index is 0.372. The van der Waals surface area contributed by atoms with E-state index in [4.69, 9.17) is 9.47 Å². The monoisotopic (exact) mass is 504 g/mol. The van der Waals surface area contributed by atoms with Crippen LogP contribution in [0.1, 0.15) is 36.7 Å². The fourth-order valence-electron chi connectivity index (χ4n) is 2.91. The molecule has 1 aliphatic rings. The zero-order chi connectivity index (χ0) is 21.0. The van der Waals surface area contributed by atoms with Crippen molar-refractivity contribution in [1.82, 2.24) is 5.01 Å². The molecule has 0 fully saturated rings. The Bertz CT molecular complexity index is 999. The van der Waals surface area contributed by atoms with Gasteiger partial charge in [0.15, 0.2) is 11.5 Å². The summed E-state index contributed by atoms with van der Waals surface area (Å²) in [4.78, 5) is 25.5. The largest absolute Gasteiger partial charge is 0.490 e. The van der Waals surface area contributed by atoms with E-state index in [1.807, 2.05) is 32.0 Å². The van der Waals surface area contributed by atoms with E-state index in [1.165, 1.54) is 0 Å². The molecule has 0 aromatic heterocycles. The van der Waals surface area contributed by atoms with E-state index in [-0.39, 0.29) is 0 Å². The van der Waals surface area contributed by atoms with Crippen molar-refractivity contribution in [3.8, 4) is 11.5 Å². The molecule has 2 aromatic carbocycles. The lowest BCUT2D eigenvalue weighted by Gasteiger charge is -2.14. The highest BCUT2D eigenvalue weighted by atomic mass is 127. The molecule has 6 nitrogen and oxygen atoms in total. The number of nitrogens with zero attached hydrogens (tertiary/aromatic N) is 2. The van der Waals surface area contributed by atoms with Crippen LogP contribution >= 0.6 is 22.6 Å². The van der Waals surface area contributed by atoms with E-state index < -0.39 is 11.8 Å². The molecule has 0 N–H and O–H groups in total. The molecule has 7 heteroatoms. The van der Waals surface area contributed by atoms with Crippen LogP contribution in [-0.4, -0.2) is 35.7 Å². The fourth-order valence-corrected chi connectivity index (χ4v) is 3.69. The van der Waals surface area contributed by atoms with Gasteiger partial charge in [-0.15, -0.1) is 0 Å². The number of carbonyl (C=O) groups excluding carboxylic acids is 2. The van der Waals surface area contributed by atoms with Crippen molar-refractivity contribution >= 4 is 46.2 Å². The second kappa shape index (κ2) is 9.21. The van der Waals surface area contributed by atoms with E-state index in [9.17, 15) is 9.59 Å². The number of benzene rings is 2. The summed E-state index contributed by atoms with van der Waals surface area (Å²) in [5, 5.41) is 5.09. The summed E-state index contributed by atoms with van der Waals surface area (Å²) in [5.74, 6) is 0.402. The van der Waals surface area contributed by atoms with Gasteiger partial charge in [0, 0.05) is 5.56 Å². The first-order valence-corrected chi connectivity index (χ1v) is 10.3. The van der Waals surface area contributed by atoms with Crippen LogP contribution in [0.15, 0.2) is 53.1 Å². The lowest BCUT2D eigenvalue weighted by Crippen LogP contribution is -2.29. The maximum atomic E-state index is 12.9. The Hall–Kier alpha value is -2.68. The Morgan fingerprint density at radius 3 is 2.48 bits per heavy atom. The predicted octanol–water partition coefficient (Wildman–Crippen LogP) is 4.53. The summed E-state index contributed by atoms with van der Waals surface area (Å²) in [6, 6.07) is 12.4. The van der Waals surface area contributed by atoms with Crippen LogP contribution in [0.4, 0.5) is 0 Å². The third-order valence-electron chi connectivity index (χ3n) is 4.21. The number of hydrazone groups is 1. The summed E-state index contributed by atoms with van der Waals surface area (Å²) >= 11 is 2.18. The average molecular weight is 504 g/mol. The van der Waals surface area contributed by atoms with E-state index in [2.05, 4.69) is 27.7 Å². The molecule has 0 spiro atoms. The number of amides is 2. The van der Waals surface area contributed by atoms with Crippen LogP contribution in [0.25, 0.3) is 6.08 Å². The molecule has 0 unspecified atom stereocenters. The van der Waals surface area contributed by atoms with Crippen molar-refractivity contribution in [2.75, 3.05) is 13.2 Å². The lowest BCUT2D eigenvalue weighted by molar-refractivity contribution is -0.123. The highest BCUT2D eigenvalue weighted by molar-refractivity contribution is 14.1. The summed E-state index contributed by atoms with van der Waals surface area (Å²) in [6.45, 7) is 6.55. The van der Waals surface area contributed by atoms with Gasteiger partial charge in [0.25, 0.3) is 11.8 Å². The van der Waals surface area contributed by atoms with Crippen LogP contribution in [0, 0.1) is 3.57 Å². The van der Waals surface area contributed by atoms with E-state index in [1.54, 1.807) is 37.3 Å². The first-order chi connectivity index (χ1) is 14.0. The highest BCUT2D eigenvalue weighted by Gasteiger charge is 2.33. The van der Waals surface area contributed by atoms with Gasteiger partial charge in [-0.1, -0.05) is 18.2 Å². The van der Waals surface area contributed by atoms with Gasteiger partial charge in [0.2, 0.25) is 0 Å². The number of rotatable bonds is 6. The molecule has 0 saturated carbocycles. The number of hydrogen-bond acceptors (Lipinski definition) is 5. The maximum Gasteiger partial charge on any atom is 0.283 e. The third-order valence-corrected chi connectivity index (χ3v) is 5.01. The first kappa shape index (κ1) is 21.0. The van der Waals surface area contributed by atoms with E-state index in [0.717, 1.165) is 14.1 Å². The van der Waals surface area contributed by atoms with Gasteiger partial charge in [0.1, 0.15) is 0 Å². The molecule has 1 heterocycles. The second-order valence-corrected chi connectivity index (χ2v) is 7.39. The molecule has 29 heavy (non-hydrogen) atoms. The van der Waals surface area contributed by atoms with Crippen LogP contribution in [0.5, 0.6) is 11.5 Å². The average Bonchev–Trinajstić information content (AvgIpc) is 2.99. The van der Waals surface area contributed by atoms with Gasteiger partial charge in [-0.2, -0.15) is 10.1 Å². The molecule has 2 amide bonds. The normalized spacial score (nSPS) is 14.9. The zero-order valence-electron chi connectivity index (χ0n) is 16.4. The zero-order valence-corrected chi connectivity index (χ0v) is 18.6. The van der Waals surface area contributed by atoms with Crippen LogP contribution < -0.4 is 9.47 Å². The van der Waals surface area contributed by atoms with Gasteiger partial charge in [-0.25, -0.2) is 0 Å². The van der Waals surface area contributed by atoms with Crippen LogP contribution in [-0.2, 0) is 4.79 Å². The second-order valence-electron chi connectivity index (χ2n) is 6.23. The molecule has 3 rings (SSSR count). The molecule has 0 radical (unpaired) electrons. The molecule has 150 valence electrons. The third kappa shape index (κ3) is 4.50. The van der Waals surface area contributed by atoms with E-state index in [0.29, 0.717) is 41.6 Å². The summed E-state index contributed by atoms with van der Waals surface area (Å²) in [7, 11) is 0. The quantitative estimate of drug-likeness (QED) is 0.330. The van der Waals surface area contributed by atoms with Gasteiger partial charge < -0.3 is 9.47 Å². The molecule has 0 atom stereocenters. The van der Waals surface area contributed by atoms with E-state index >= 15 is 0 Å².